The normalized spacial score (nSPS) is 23.5. The summed E-state index contributed by atoms with van der Waals surface area (Å²) in [5.74, 6) is 1.16. The fourth-order valence-corrected chi connectivity index (χ4v) is 3.80. The Balaban J connectivity index is 1.54. The van der Waals surface area contributed by atoms with Gasteiger partial charge < -0.3 is 34.8 Å². The molecule has 1 aromatic carbocycles. The van der Waals surface area contributed by atoms with Crippen molar-refractivity contribution in [2.45, 2.75) is 31.1 Å². The minimum atomic E-state index is -4.76. The van der Waals surface area contributed by atoms with Gasteiger partial charge in [-0.1, -0.05) is 18.2 Å². The van der Waals surface area contributed by atoms with Crippen molar-refractivity contribution < 1.29 is 38.6 Å². The van der Waals surface area contributed by atoms with Crippen LogP contribution in [0.1, 0.15) is 11.8 Å². The minimum absolute atomic E-state index is 0.329. The van der Waals surface area contributed by atoms with Crippen molar-refractivity contribution in [2.24, 2.45) is 0 Å². The van der Waals surface area contributed by atoms with Crippen LogP contribution in [-0.4, -0.2) is 71.5 Å². The quantitative estimate of drug-likeness (QED) is 0.284. The van der Waals surface area contributed by atoms with Gasteiger partial charge in [0.1, 0.15) is 30.4 Å². The maximum atomic E-state index is 10.9. The van der Waals surface area contributed by atoms with Crippen LogP contribution in [0.3, 0.4) is 0 Å². The molecule has 172 valence electrons. The van der Waals surface area contributed by atoms with Crippen LogP contribution >= 0.6 is 7.82 Å². The first-order valence-electron chi connectivity index (χ1n) is 9.53. The molecule has 1 aliphatic heterocycles. The first-order chi connectivity index (χ1) is 15.3. The lowest BCUT2D eigenvalue weighted by Crippen LogP contribution is -2.33. The van der Waals surface area contributed by atoms with Gasteiger partial charge in [0.05, 0.1) is 20.0 Å². The Labute approximate surface area is 181 Å². The number of benzene rings is 1. The fraction of sp³-hybridized carbons (Fsp3) is 0.389. The average molecular weight is 467 g/mol. The Morgan fingerprint density at radius 2 is 1.97 bits per heavy atom. The van der Waals surface area contributed by atoms with E-state index in [1.54, 1.807) is 7.11 Å². The molecule has 32 heavy (non-hydrogen) atoms. The van der Waals surface area contributed by atoms with Crippen molar-refractivity contribution in [1.82, 2.24) is 19.5 Å². The number of phosphoric acid groups is 1. The number of nitrogens with zero attached hydrogens (tertiary/aromatic N) is 4. The second-order valence-corrected chi connectivity index (χ2v) is 8.28. The number of aromatic nitrogens is 4. The third-order valence-corrected chi connectivity index (χ3v) is 5.50. The molecule has 1 saturated heterocycles. The summed E-state index contributed by atoms with van der Waals surface area (Å²) in [6.45, 7) is -0.196. The molecule has 3 aromatic rings. The first-order valence-corrected chi connectivity index (χ1v) is 11.1. The number of aliphatic hydroxyl groups is 2. The van der Waals surface area contributed by atoms with Crippen LogP contribution in [0.4, 0.5) is 5.82 Å². The van der Waals surface area contributed by atoms with E-state index < -0.39 is 39.0 Å². The molecular weight excluding hydrogens is 445 g/mol. The molecule has 3 heterocycles. The lowest BCUT2D eigenvalue weighted by molar-refractivity contribution is -0.0504. The van der Waals surface area contributed by atoms with Gasteiger partial charge in [-0.3, -0.25) is 9.09 Å². The van der Waals surface area contributed by atoms with Crippen molar-refractivity contribution in [3.63, 3.8) is 0 Å². The summed E-state index contributed by atoms with van der Waals surface area (Å²) in [4.78, 5) is 30.4. The molecule has 0 radical (unpaired) electrons. The molecule has 2 aromatic heterocycles. The summed E-state index contributed by atoms with van der Waals surface area (Å²) in [5, 5.41) is 23.8. The SMILES string of the molecule is COc1ccccc1CNc1ncnc2c1ncn2[C@@H]1O[C@H](COP(=O)(O)O)[C@@H](O)[C@H]1O. The second-order valence-electron chi connectivity index (χ2n) is 7.04. The van der Waals surface area contributed by atoms with E-state index >= 15 is 0 Å². The largest absolute Gasteiger partial charge is 0.496 e. The van der Waals surface area contributed by atoms with Crippen molar-refractivity contribution in [2.75, 3.05) is 19.0 Å². The molecular formula is C18H22N5O8P. The Bertz CT molecular complexity index is 1140. The topological polar surface area (TPSA) is 181 Å². The van der Waals surface area contributed by atoms with Crippen LogP contribution in [0.25, 0.3) is 11.2 Å². The highest BCUT2D eigenvalue weighted by atomic mass is 31.2. The molecule has 0 amide bonds. The molecule has 1 aliphatic rings. The number of phosphoric ester groups is 1. The number of nitrogens with one attached hydrogen (secondary N) is 1. The van der Waals surface area contributed by atoms with Crippen molar-refractivity contribution in [3.8, 4) is 5.75 Å². The molecule has 0 unspecified atom stereocenters. The Morgan fingerprint density at radius 1 is 1.19 bits per heavy atom. The van der Waals surface area contributed by atoms with Crippen LogP contribution in [0.15, 0.2) is 36.9 Å². The molecule has 0 spiro atoms. The fourth-order valence-electron chi connectivity index (χ4n) is 3.46. The van der Waals surface area contributed by atoms with Gasteiger partial charge in [0.25, 0.3) is 0 Å². The lowest BCUT2D eigenvalue weighted by atomic mass is 10.1. The molecule has 0 saturated carbocycles. The third kappa shape index (κ3) is 4.59. The Morgan fingerprint density at radius 3 is 2.72 bits per heavy atom. The number of aliphatic hydroxyl groups excluding tert-OH is 2. The standard InChI is InChI=1S/C18H22N5O8P/c1-29-11-5-3-2-4-10(11)6-19-16-13-17(21-8-20-16)23(9-22-13)18-15(25)14(24)12(31-18)7-30-32(26,27)28/h2-5,8-9,12,14-15,18,24-25H,6-7H2,1H3,(H,19,20,21)(H2,26,27,28)/t12-,14-,15-,18-/m1/s1. The number of fused-ring (bicyclic) bond motifs is 1. The van der Waals surface area contributed by atoms with Gasteiger partial charge in [-0.25, -0.2) is 19.5 Å². The second kappa shape index (κ2) is 9.08. The van der Waals surface area contributed by atoms with Gasteiger partial charge >= 0.3 is 7.82 Å². The van der Waals surface area contributed by atoms with Crippen LogP contribution in [-0.2, 0) is 20.4 Å². The van der Waals surface area contributed by atoms with E-state index in [1.807, 2.05) is 24.3 Å². The summed E-state index contributed by atoms with van der Waals surface area (Å²) in [6.07, 6.45) is -2.41. The summed E-state index contributed by atoms with van der Waals surface area (Å²) in [7, 11) is -3.17. The van der Waals surface area contributed by atoms with E-state index in [4.69, 9.17) is 19.3 Å². The molecule has 4 atom stereocenters. The summed E-state index contributed by atoms with van der Waals surface area (Å²) in [6, 6.07) is 7.51. The minimum Gasteiger partial charge on any atom is -0.496 e. The number of para-hydroxylation sites is 1. The Hall–Kier alpha value is -2.64. The smallest absolute Gasteiger partial charge is 0.469 e. The maximum absolute atomic E-state index is 10.9. The maximum Gasteiger partial charge on any atom is 0.469 e. The molecule has 0 bridgehead atoms. The highest BCUT2D eigenvalue weighted by Crippen LogP contribution is 2.39. The van der Waals surface area contributed by atoms with Crippen molar-refractivity contribution >= 4 is 24.8 Å². The zero-order valence-corrected chi connectivity index (χ0v) is 17.7. The van der Waals surface area contributed by atoms with Gasteiger partial charge in [-0.05, 0) is 6.07 Å². The van der Waals surface area contributed by atoms with Gasteiger partial charge in [0, 0.05) is 12.1 Å². The van der Waals surface area contributed by atoms with Crippen molar-refractivity contribution in [3.05, 3.63) is 42.5 Å². The van der Waals surface area contributed by atoms with E-state index in [0.717, 1.165) is 11.3 Å². The van der Waals surface area contributed by atoms with Crippen molar-refractivity contribution in [1.29, 1.82) is 0 Å². The van der Waals surface area contributed by atoms with E-state index in [2.05, 4.69) is 24.8 Å². The van der Waals surface area contributed by atoms with Gasteiger partial charge in [-0.15, -0.1) is 0 Å². The molecule has 0 aliphatic carbocycles. The predicted octanol–water partition coefficient (Wildman–Crippen LogP) is 0.175. The van der Waals surface area contributed by atoms with Crippen LogP contribution in [0, 0.1) is 0 Å². The van der Waals surface area contributed by atoms with Gasteiger partial charge in [-0.2, -0.15) is 0 Å². The highest BCUT2D eigenvalue weighted by Gasteiger charge is 2.45. The zero-order valence-electron chi connectivity index (χ0n) is 16.8. The summed E-state index contributed by atoms with van der Waals surface area (Å²) < 4.78 is 27.7. The highest BCUT2D eigenvalue weighted by molar-refractivity contribution is 7.46. The molecule has 5 N–H and O–H groups in total. The van der Waals surface area contributed by atoms with Gasteiger partial charge in [0.15, 0.2) is 23.2 Å². The number of hydrogen-bond acceptors (Lipinski definition) is 10. The third-order valence-electron chi connectivity index (χ3n) is 5.02. The molecule has 13 nitrogen and oxygen atoms in total. The average Bonchev–Trinajstić information content (AvgIpc) is 3.32. The predicted molar refractivity (Wildman–Crippen MR) is 110 cm³/mol. The van der Waals surface area contributed by atoms with E-state index in [0.29, 0.717) is 23.5 Å². The number of rotatable bonds is 8. The molecule has 1 fully saturated rings. The zero-order chi connectivity index (χ0) is 22.9. The van der Waals surface area contributed by atoms with Gasteiger partial charge in [0.2, 0.25) is 0 Å². The summed E-state index contributed by atoms with van der Waals surface area (Å²) >= 11 is 0. The van der Waals surface area contributed by atoms with E-state index in [1.165, 1.54) is 17.2 Å². The van der Waals surface area contributed by atoms with Crippen LogP contribution in [0.5, 0.6) is 5.75 Å². The number of hydrogen-bond donors (Lipinski definition) is 5. The number of anilines is 1. The molecule has 4 rings (SSSR count). The number of methoxy groups -OCH3 is 1. The number of ether oxygens (including phenoxy) is 2. The summed E-state index contributed by atoms with van der Waals surface area (Å²) in [5.41, 5.74) is 1.64. The first kappa shape index (κ1) is 22.6. The van der Waals surface area contributed by atoms with Crippen LogP contribution < -0.4 is 10.1 Å². The lowest BCUT2D eigenvalue weighted by Gasteiger charge is -2.16. The monoisotopic (exact) mass is 467 g/mol. The van der Waals surface area contributed by atoms with E-state index in [-0.39, 0.29) is 0 Å². The van der Waals surface area contributed by atoms with Crippen LogP contribution in [0.2, 0.25) is 0 Å². The number of imidazole rings is 1. The Kier molecular flexibility index (Phi) is 6.40. The van der Waals surface area contributed by atoms with E-state index in [9.17, 15) is 14.8 Å². The molecule has 14 heteroatoms.